The summed E-state index contributed by atoms with van der Waals surface area (Å²) in [6, 6.07) is 7.39. The summed E-state index contributed by atoms with van der Waals surface area (Å²) in [5, 5.41) is 22.6. The minimum atomic E-state index is -4.43. The van der Waals surface area contributed by atoms with Gasteiger partial charge in [-0.3, -0.25) is 10.1 Å². The van der Waals surface area contributed by atoms with Gasteiger partial charge in [-0.15, -0.1) is 0 Å². The average Bonchev–Trinajstić information content (AvgIpc) is 2.46. The van der Waals surface area contributed by atoms with E-state index in [1.165, 1.54) is 24.3 Å². The highest BCUT2D eigenvalue weighted by Crippen LogP contribution is 2.36. The number of halogens is 3. The van der Waals surface area contributed by atoms with Crippen LogP contribution in [-0.4, -0.2) is 11.1 Å². The lowest BCUT2D eigenvalue weighted by Gasteiger charge is -2.21. The van der Waals surface area contributed by atoms with Crippen LogP contribution in [0, 0.1) is 27.4 Å². The first-order valence-corrected chi connectivity index (χ1v) is 6.22. The molecule has 0 saturated carbocycles. The molecule has 114 valence electrons. The van der Waals surface area contributed by atoms with Crippen LogP contribution in [0.25, 0.3) is 0 Å². The highest BCUT2D eigenvalue weighted by molar-refractivity contribution is 5.67. The third-order valence-corrected chi connectivity index (χ3v) is 3.14. The second-order valence-electron chi connectivity index (χ2n) is 4.59. The summed E-state index contributed by atoms with van der Waals surface area (Å²) in [7, 11) is 0. The molecule has 1 aromatic carbocycles. The van der Waals surface area contributed by atoms with Gasteiger partial charge in [0.25, 0.3) is 5.69 Å². The van der Waals surface area contributed by atoms with E-state index in [1.807, 2.05) is 0 Å². The van der Waals surface area contributed by atoms with Crippen LogP contribution in [-0.2, 0) is 0 Å². The van der Waals surface area contributed by atoms with E-state index in [0.29, 0.717) is 0 Å². The zero-order valence-corrected chi connectivity index (χ0v) is 11.1. The van der Waals surface area contributed by atoms with Crippen molar-refractivity contribution in [3.8, 4) is 6.07 Å². The van der Waals surface area contributed by atoms with Gasteiger partial charge in [0.2, 0.25) is 0 Å². The van der Waals surface area contributed by atoms with Gasteiger partial charge in [-0.05, 0) is 12.5 Å². The summed E-state index contributed by atoms with van der Waals surface area (Å²) in [6.07, 6.45) is -2.69. The molecule has 1 unspecified atom stereocenters. The zero-order valence-electron chi connectivity index (χ0n) is 11.1. The molecule has 0 heterocycles. The Labute approximate surface area is 123 Å². The Hall–Kier alpha value is -2.82. The van der Waals surface area contributed by atoms with Gasteiger partial charge < -0.3 is 5.32 Å². The second-order valence-corrected chi connectivity index (χ2v) is 4.59. The maximum absolute atomic E-state index is 12.7. The standard InChI is InChI=1S/C14H10F3N3O2/c15-14(16,17)10-5-6-11(9(7-10)8-18)19-12-3-1-2-4-13(12)20(21)22/h1-4,6-7,10,19H,5H2. The maximum atomic E-state index is 12.7. The highest BCUT2D eigenvalue weighted by Gasteiger charge is 2.39. The van der Waals surface area contributed by atoms with E-state index in [-0.39, 0.29) is 29.1 Å². The number of para-hydroxylation sites is 2. The van der Waals surface area contributed by atoms with Crippen molar-refractivity contribution in [1.82, 2.24) is 0 Å². The molecule has 0 amide bonds. The van der Waals surface area contributed by atoms with Crippen LogP contribution in [0.3, 0.4) is 0 Å². The summed E-state index contributed by atoms with van der Waals surface area (Å²) < 4.78 is 38.0. The minimum absolute atomic E-state index is 0.116. The van der Waals surface area contributed by atoms with Crippen LogP contribution in [0.2, 0.25) is 0 Å². The number of hydrogen-bond donors (Lipinski definition) is 1. The lowest BCUT2D eigenvalue weighted by Crippen LogP contribution is -2.23. The van der Waals surface area contributed by atoms with Crippen LogP contribution >= 0.6 is 0 Å². The Balaban J connectivity index is 2.29. The number of anilines is 1. The molecular weight excluding hydrogens is 299 g/mol. The van der Waals surface area contributed by atoms with Gasteiger partial charge in [0, 0.05) is 6.07 Å². The number of rotatable bonds is 3. The topological polar surface area (TPSA) is 79.0 Å². The summed E-state index contributed by atoms with van der Waals surface area (Å²) in [4.78, 5) is 10.3. The van der Waals surface area contributed by atoms with E-state index < -0.39 is 17.0 Å². The van der Waals surface area contributed by atoms with Crippen molar-refractivity contribution < 1.29 is 18.1 Å². The number of allylic oxidation sites excluding steroid dienone is 3. The predicted octanol–water partition coefficient (Wildman–Crippen LogP) is 3.92. The monoisotopic (exact) mass is 309 g/mol. The largest absolute Gasteiger partial charge is 0.395 e. The summed E-state index contributed by atoms with van der Waals surface area (Å²) >= 11 is 0. The molecule has 1 atom stereocenters. The van der Waals surface area contributed by atoms with Crippen molar-refractivity contribution in [2.45, 2.75) is 12.6 Å². The molecule has 0 aliphatic heterocycles. The van der Waals surface area contributed by atoms with E-state index in [4.69, 9.17) is 5.26 Å². The molecule has 0 fully saturated rings. The van der Waals surface area contributed by atoms with Crippen LogP contribution in [0.1, 0.15) is 6.42 Å². The van der Waals surface area contributed by atoms with E-state index in [1.54, 1.807) is 12.1 Å². The normalized spacial score (nSPS) is 18.0. The Morgan fingerprint density at radius 3 is 2.64 bits per heavy atom. The van der Waals surface area contributed by atoms with Crippen molar-refractivity contribution in [3.63, 3.8) is 0 Å². The predicted molar refractivity (Wildman–Crippen MR) is 72.7 cm³/mol. The maximum Gasteiger partial charge on any atom is 0.395 e. The van der Waals surface area contributed by atoms with Crippen LogP contribution in [0.15, 0.2) is 47.7 Å². The first-order chi connectivity index (χ1) is 10.3. The Morgan fingerprint density at radius 1 is 1.36 bits per heavy atom. The molecule has 0 radical (unpaired) electrons. The lowest BCUT2D eigenvalue weighted by molar-refractivity contribution is -0.383. The summed E-state index contributed by atoms with van der Waals surface area (Å²) in [5.74, 6) is -1.72. The Kier molecular flexibility index (Phi) is 4.17. The van der Waals surface area contributed by atoms with Crippen molar-refractivity contribution >= 4 is 11.4 Å². The fraction of sp³-hybridized carbons (Fsp3) is 0.214. The number of nitro benzene ring substituents is 1. The van der Waals surface area contributed by atoms with Gasteiger partial charge >= 0.3 is 6.18 Å². The van der Waals surface area contributed by atoms with Crippen molar-refractivity contribution in [2.75, 3.05) is 5.32 Å². The molecule has 1 aliphatic rings. The van der Waals surface area contributed by atoms with Gasteiger partial charge in [0.15, 0.2) is 0 Å². The van der Waals surface area contributed by atoms with Gasteiger partial charge in [0.1, 0.15) is 11.8 Å². The number of alkyl halides is 3. The molecule has 1 N–H and O–H groups in total. The SMILES string of the molecule is N#CC1=CC(C(F)(F)F)CC=C1Nc1ccccc1[N+](=O)[O-]. The smallest absolute Gasteiger partial charge is 0.349 e. The van der Waals surface area contributed by atoms with E-state index in [9.17, 15) is 23.3 Å². The summed E-state index contributed by atoms with van der Waals surface area (Å²) in [6.45, 7) is 0. The number of nitrogens with one attached hydrogen (secondary N) is 1. The average molecular weight is 309 g/mol. The molecule has 8 heteroatoms. The second kappa shape index (κ2) is 5.89. The molecule has 0 saturated heterocycles. The number of hydrogen-bond acceptors (Lipinski definition) is 4. The fourth-order valence-corrected chi connectivity index (χ4v) is 2.04. The number of nitrogens with zero attached hydrogens (tertiary/aromatic N) is 2. The Morgan fingerprint density at radius 2 is 2.05 bits per heavy atom. The van der Waals surface area contributed by atoms with Gasteiger partial charge in [0.05, 0.1) is 22.1 Å². The molecule has 0 aromatic heterocycles. The van der Waals surface area contributed by atoms with Crippen LogP contribution in [0.5, 0.6) is 0 Å². The zero-order chi connectivity index (χ0) is 16.3. The van der Waals surface area contributed by atoms with E-state index >= 15 is 0 Å². The quantitative estimate of drug-likeness (QED) is 0.678. The minimum Gasteiger partial charge on any atom is -0.349 e. The molecule has 0 spiro atoms. The first kappa shape index (κ1) is 15.6. The van der Waals surface area contributed by atoms with Crippen LogP contribution < -0.4 is 5.32 Å². The van der Waals surface area contributed by atoms with Gasteiger partial charge in [-0.25, -0.2) is 0 Å². The molecule has 5 nitrogen and oxygen atoms in total. The molecule has 0 bridgehead atoms. The number of nitriles is 1. The number of benzene rings is 1. The van der Waals surface area contributed by atoms with Crippen molar-refractivity contribution in [1.29, 1.82) is 5.26 Å². The summed E-state index contributed by atoms with van der Waals surface area (Å²) in [5.41, 5.74) is -0.159. The molecule has 1 aliphatic carbocycles. The highest BCUT2D eigenvalue weighted by atomic mass is 19.4. The lowest BCUT2D eigenvalue weighted by atomic mass is 9.93. The van der Waals surface area contributed by atoms with Gasteiger partial charge in [-0.1, -0.05) is 24.3 Å². The molecule has 1 aromatic rings. The van der Waals surface area contributed by atoms with E-state index in [0.717, 1.165) is 6.08 Å². The molecular formula is C14H10F3N3O2. The third-order valence-electron chi connectivity index (χ3n) is 3.14. The van der Waals surface area contributed by atoms with Crippen LogP contribution in [0.4, 0.5) is 24.5 Å². The molecule has 22 heavy (non-hydrogen) atoms. The van der Waals surface area contributed by atoms with Crippen molar-refractivity contribution in [2.24, 2.45) is 5.92 Å². The molecule has 2 rings (SSSR count). The Bertz CT molecular complexity index is 702. The van der Waals surface area contributed by atoms with E-state index in [2.05, 4.69) is 5.32 Å². The number of nitro groups is 1. The van der Waals surface area contributed by atoms with Crippen molar-refractivity contribution in [3.05, 3.63) is 57.8 Å². The first-order valence-electron chi connectivity index (χ1n) is 6.22. The fourth-order valence-electron chi connectivity index (χ4n) is 2.04. The van der Waals surface area contributed by atoms with Gasteiger partial charge in [-0.2, -0.15) is 18.4 Å². The third kappa shape index (κ3) is 3.25.